The third-order valence-electron chi connectivity index (χ3n) is 3.78. The first-order valence-electron chi connectivity index (χ1n) is 7.68. The summed E-state index contributed by atoms with van der Waals surface area (Å²) in [5.74, 6) is -0.561. The first kappa shape index (κ1) is 16.0. The summed E-state index contributed by atoms with van der Waals surface area (Å²) in [5, 5.41) is 7.71. The summed E-state index contributed by atoms with van der Waals surface area (Å²) < 4.78 is 5.23. The average Bonchev–Trinajstić information content (AvgIpc) is 3.03. The van der Waals surface area contributed by atoms with Gasteiger partial charge in [0.25, 0.3) is 5.56 Å². The lowest BCUT2D eigenvalue weighted by Crippen LogP contribution is -2.15. The third-order valence-corrected chi connectivity index (χ3v) is 3.78. The van der Waals surface area contributed by atoms with Crippen LogP contribution in [-0.4, -0.2) is 21.2 Å². The quantitative estimate of drug-likeness (QED) is 0.725. The third kappa shape index (κ3) is 3.22. The van der Waals surface area contributed by atoms with Crippen molar-refractivity contribution in [3.8, 4) is 0 Å². The van der Waals surface area contributed by atoms with Crippen LogP contribution in [0.5, 0.6) is 0 Å². The predicted molar refractivity (Wildman–Crippen MR) is 91.0 cm³/mol. The Labute approximate surface area is 138 Å². The van der Waals surface area contributed by atoms with Crippen molar-refractivity contribution in [1.82, 2.24) is 15.2 Å². The van der Waals surface area contributed by atoms with E-state index in [4.69, 9.17) is 4.74 Å². The minimum absolute atomic E-state index is 0.100. The first-order chi connectivity index (χ1) is 11.3. The Balaban J connectivity index is 1.76. The van der Waals surface area contributed by atoms with Gasteiger partial charge in [-0.05, 0) is 23.6 Å². The normalized spacial score (nSPS) is 11.6. The highest BCUT2D eigenvalue weighted by molar-refractivity contribution is 5.87. The van der Waals surface area contributed by atoms with Crippen molar-refractivity contribution in [2.24, 2.45) is 0 Å². The van der Waals surface area contributed by atoms with E-state index in [1.807, 2.05) is 45.0 Å². The van der Waals surface area contributed by atoms with E-state index in [0.29, 0.717) is 5.56 Å². The summed E-state index contributed by atoms with van der Waals surface area (Å²) in [6, 6.07) is 10.8. The Hall–Kier alpha value is -2.89. The summed E-state index contributed by atoms with van der Waals surface area (Å²) in [5.41, 5.74) is 1.79. The number of para-hydroxylation sites is 1. The highest BCUT2D eigenvalue weighted by Crippen LogP contribution is 2.20. The number of H-pyrrole nitrogens is 2. The molecule has 1 aromatic carbocycles. The summed E-state index contributed by atoms with van der Waals surface area (Å²) >= 11 is 0. The fourth-order valence-corrected chi connectivity index (χ4v) is 2.33. The van der Waals surface area contributed by atoms with E-state index in [2.05, 4.69) is 15.2 Å². The minimum Gasteiger partial charge on any atom is -0.456 e. The van der Waals surface area contributed by atoms with Gasteiger partial charge in [-0.1, -0.05) is 39.0 Å². The molecule has 0 aliphatic heterocycles. The topological polar surface area (TPSA) is 87.8 Å². The molecule has 0 saturated heterocycles. The second kappa shape index (κ2) is 5.96. The lowest BCUT2D eigenvalue weighted by molar-refractivity contribution is 0.0464. The Bertz CT molecular complexity index is 948. The maximum absolute atomic E-state index is 12.1. The molecule has 6 nitrogen and oxygen atoms in total. The van der Waals surface area contributed by atoms with Crippen LogP contribution in [0.15, 0.2) is 41.2 Å². The van der Waals surface area contributed by atoms with Gasteiger partial charge in [-0.25, -0.2) is 4.79 Å². The highest BCUT2D eigenvalue weighted by atomic mass is 16.5. The standard InChI is InChI=1S/C18H19N3O3/c1-18(2,3)15-9-14(20-21-15)17(23)24-10-12-8-11-6-4-5-7-13(11)19-16(12)22/h4-9H,10H2,1-3H3,(H,19,22)(H,20,21). The van der Waals surface area contributed by atoms with Crippen LogP contribution >= 0.6 is 0 Å². The van der Waals surface area contributed by atoms with Gasteiger partial charge in [0.15, 0.2) is 5.69 Å². The number of hydrogen-bond donors (Lipinski definition) is 2. The van der Waals surface area contributed by atoms with E-state index in [9.17, 15) is 9.59 Å². The molecule has 3 aromatic rings. The van der Waals surface area contributed by atoms with Crippen molar-refractivity contribution in [2.75, 3.05) is 0 Å². The van der Waals surface area contributed by atoms with Gasteiger partial charge >= 0.3 is 5.97 Å². The van der Waals surface area contributed by atoms with E-state index >= 15 is 0 Å². The Morgan fingerprint density at radius 1 is 1.21 bits per heavy atom. The molecule has 24 heavy (non-hydrogen) atoms. The molecule has 0 atom stereocenters. The van der Waals surface area contributed by atoms with Crippen LogP contribution < -0.4 is 5.56 Å². The van der Waals surface area contributed by atoms with E-state index in [1.165, 1.54) is 0 Å². The zero-order chi connectivity index (χ0) is 17.3. The molecule has 2 aromatic heterocycles. The molecule has 3 rings (SSSR count). The summed E-state index contributed by atoms with van der Waals surface area (Å²) in [4.78, 5) is 26.9. The maximum Gasteiger partial charge on any atom is 0.359 e. The maximum atomic E-state index is 12.1. The largest absolute Gasteiger partial charge is 0.456 e. The average molecular weight is 325 g/mol. The van der Waals surface area contributed by atoms with Crippen molar-refractivity contribution in [3.63, 3.8) is 0 Å². The summed E-state index contributed by atoms with van der Waals surface area (Å²) in [6.07, 6.45) is 0. The van der Waals surface area contributed by atoms with Crippen LogP contribution in [0.3, 0.4) is 0 Å². The molecule has 0 spiro atoms. The van der Waals surface area contributed by atoms with Crippen molar-refractivity contribution >= 4 is 16.9 Å². The molecule has 0 radical (unpaired) electrons. The molecule has 124 valence electrons. The first-order valence-corrected chi connectivity index (χ1v) is 7.68. The molecule has 0 aliphatic carbocycles. The Morgan fingerprint density at radius 3 is 2.67 bits per heavy atom. The van der Waals surface area contributed by atoms with E-state index in [-0.39, 0.29) is 23.3 Å². The van der Waals surface area contributed by atoms with Gasteiger partial charge in [0, 0.05) is 16.6 Å². The van der Waals surface area contributed by atoms with E-state index in [0.717, 1.165) is 16.6 Å². The fourth-order valence-electron chi connectivity index (χ4n) is 2.33. The molecule has 0 amide bonds. The van der Waals surface area contributed by atoms with Crippen LogP contribution in [0, 0.1) is 0 Å². The number of aromatic amines is 2. The molecular formula is C18H19N3O3. The molecule has 0 aliphatic rings. The van der Waals surface area contributed by atoms with E-state index < -0.39 is 5.97 Å². The zero-order valence-corrected chi connectivity index (χ0v) is 13.8. The number of carbonyl (C=O) groups excluding carboxylic acids is 1. The zero-order valence-electron chi connectivity index (χ0n) is 13.8. The summed E-state index contributed by atoms with van der Waals surface area (Å²) in [6.45, 7) is 5.95. The molecule has 0 fully saturated rings. The van der Waals surface area contributed by atoms with Gasteiger partial charge in [0.05, 0.1) is 5.56 Å². The number of hydrogen-bond acceptors (Lipinski definition) is 4. The molecule has 2 heterocycles. The van der Waals surface area contributed by atoms with Gasteiger partial charge in [-0.15, -0.1) is 0 Å². The van der Waals surface area contributed by atoms with E-state index in [1.54, 1.807) is 12.1 Å². The van der Waals surface area contributed by atoms with Crippen LogP contribution in [0.25, 0.3) is 10.9 Å². The van der Waals surface area contributed by atoms with Crippen LogP contribution in [0.4, 0.5) is 0 Å². The smallest absolute Gasteiger partial charge is 0.359 e. The number of aromatic nitrogens is 3. The number of rotatable bonds is 3. The number of nitrogens with one attached hydrogen (secondary N) is 2. The summed E-state index contributed by atoms with van der Waals surface area (Å²) in [7, 11) is 0. The van der Waals surface area contributed by atoms with Crippen molar-refractivity contribution in [3.05, 3.63) is 63.7 Å². The van der Waals surface area contributed by atoms with Gasteiger partial charge < -0.3 is 9.72 Å². The number of nitrogens with zero attached hydrogens (tertiary/aromatic N) is 1. The number of carbonyl (C=O) groups is 1. The van der Waals surface area contributed by atoms with Gasteiger partial charge in [-0.2, -0.15) is 5.10 Å². The molecule has 0 saturated carbocycles. The molecule has 0 unspecified atom stereocenters. The molecule has 0 bridgehead atoms. The minimum atomic E-state index is -0.561. The van der Waals surface area contributed by atoms with Crippen LogP contribution in [0.2, 0.25) is 0 Å². The lowest BCUT2D eigenvalue weighted by atomic mass is 9.92. The van der Waals surface area contributed by atoms with Crippen LogP contribution in [0.1, 0.15) is 42.5 Å². The van der Waals surface area contributed by atoms with Gasteiger partial charge in [0.1, 0.15) is 6.61 Å². The highest BCUT2D eigenvalue weighted by Gasteiger charge is 2.20. The van der Waals surface area contributed by atoms with Gasteiger partial charge in [-0.3, -0.25) is 9.89 Å². The number of fused-ring (bicyclic) bond motifs is 1. The number of esters is 1. The SMILES string of the molecule is CC(C)(C)c1cc(C(=O)OCc2cc3ccccc3[nH]c2=O)n[nH]1. The monoisotopic (exact) mass is 325 g/mol. The number of ether oxygens (including phenoxy) is 1. The second-order valence-electron chi connectivity index (χ2n) is 6.70. The fraction of sp³-hybridized carbons (Fsp3) is 0.278. The van der Waals surface area contributed by atoms with Crippen molar-refractivity contribution in [2.45, 2.75) is 32.8 Å². The predicted octanol–water partition coefficient (Wildman–Crippen LogP) is 2.91. The second-order valence-corrected chi connectivity index (χ2v) is 6.70. The molecule has 6 heteroatoms. The van der Waals surface area contributed by atoms with Gasteiger partial charge in [0.2, 0.25) is 0 Å². The number of pyridine rings is 1. The lowest BCUT2D eigenvalue weighted by Gasteiger charge is -2.14. The van der Waals surface area contributed by atoms with Crippen LogP contribution in [-0.2, 0) is 16.8 Å². The Morgan fingerprint density at radius 2 is 1.96 bits per heavy atom. The Kier molecular flexibility index (Phi) is 3.97. The number of benzene rings is 1. The van der Waals surface area contributed by atoms with Crippen molar-refractivity contribution in [1.29, 1.82) is 0 Å². The van der Waals surface area contributed by atoms with Crippen molar-refractivity contribution < 1.29 is 9.53 Å². The molecular weight excluding hydrogens is 306 g/mol. The molecule has 2 N–H and O–H groups in total.